The molecule has 0 saturated carbocycles. The summed E-state index contributed by atoms with van der Waals surface area (Å²) in [5, 5.41) is 5.64. The molecule has 6 nitrogen and oxygen atoms in total. The fraction of sp³-hybridized carbons (Fsp3) is 0.115. The molecule has 3 aromatic rings. The summed E-state index contributed by atoms with van der Waals surface area (Å²) in [6, 6.07) is 23.6. The van der Waals surface area contributed by atoms with E-state index in [0.29, 0.717) is 23.5 Å². The van der Waals surface area contributed by atoms with Crippen molar-refractivity contribution >= 4 is 40.7 Å². The molecule has 1 aliphatic rings. The van der Waals surface area contributed by atoms with Gasteiger partial charge in [-0.05, 0) is 54.8 Å². The molecule has 0 fully saturated rings. The maximum absolute atomic E-state index is 12.9. The minimum Gasteiger partial charge on any atom is -0.352 e. The van der Waals surface area contributed by atoms with E-state index in [-0.39, 0.29) is 16.6 Å². The maximum atomic E-state index is 12.9. The van der Waals surface area contributed by atoms with E-state index in [1.54, 1.807) is 36.4 Å². The summed E-state index contributed by atoms with van der Waals surface area (Å²) < 4.78 is 0. The Labute approximate surface area is 196 Å². The van der Waals surface area contributed by atoms with Crippen molar-refractivity contribution in [2.45, 2.75) is 13.3 Å². The minimum atomic E-state index is -0.576. The lowest BCUT2D eigenvalue weighted by Gasteiger charge is -2.17. The van der Waals surface area contributed by atoms with Gasteiger partial charge in [0, 0.05) is 17.8 Å². The van der Waals surface area contributed by atoms with Gasteiger partial charge in [-0.25, -0.2) is 4.90 Å². The van der Waals surface area contributed by atoms with Gasteiger partial charge in [0.2, 0.25) is 0 Å². The predicted octanol–water partition coefficient (Wildman–Crippen LogP) is 4.40. The van der Waals surface area contributed by atoms with Crippen LogP contribution in [0, 0.1) is 6.92 Å². The van der Waals surface area contributed by atoms with Crippen LogP contribution in [-0.4, -0.2) is 24.3 Å². The number of benzene rings is 3. The monoisotopic (exact) mass is 459 g/mol. The number of anilines is 2. The summed E-state index contributed by atoms with van der Waals surface area (Å²) in [5.74, 6) is -1.29. The lowest BCUT2D eigenvalue weighted by Crippen LogP contribution is -2.32. The molecule has 0 atom stereocenters. The average molecular weight is 460 g/mol. The molecular weight excluding hydrogens is 438 g/mol. The van der Waals surface area contributed by atoms with E-state index in [1.165, 1.54) is 0 Å². The van der Waals surface area contributed by atoms with Crippen molar-refractivity contribution in [2.75, 3.05) is 16.8 Å². The first kappa shape index (κ1) is 22.3. The third-order valence-corrected chi connectivity index (χ3v) is 5.69. The van der Waals surface area contributed by atoms with Crippen LogP contribution in [0.1, 0.15) is 21.5 Å². The highest BCUT2D eigenvalue weighted by atomic mass is 35.5. The molecule has 0 bridgehead atoms. The summed E-state index contributed by atoms with van der Waals surface area (Å²) in [6.07, 6.45) is 0.742. The molecule has 0 aliphatic carbocycles. The van der Waals surface area contributed by atoms with Crippen molar-refractivity contribution in [3.63, 3.8) is 0 Å². The zero-order valence-electron chi connectivity index (χ0n) is 18.0. The summed E-state index contributed by atoms with van der Waals surface area (Å²) in [4.78, 5) is 39.0. The Morgan fingerprint density at radius 2 is 1.55 bits per heavy atom. The molecule has 0 unspecified atom stereocenters. The zero-order valence-corrected chi connectivity index (χ0v) is 18.7. The number of rotatable bonds is 7. The van der Waals surface area contributed by atoms with E-state index in [0.717, 1.165) is 22.4 Å². The molecule has 3 amide bonds. The quantitative estimate of drug-likeness (QED) is 0.513. The molecule has 1 heterocycles. The SMILES string of the molecule is Cc1ccccc1N1C(=O)C(Cl)=C(Nc2ccc(C(=O)NCCc3ccccc3)cc2)C1=O. The molecule has 0 spiro atoms. The molecule has 33 heavy (non-hydrogen) atoms. The first-order chi connectivity index (χ1) is 16.0. The van der Waals surface area contributed by atoms with Crippen LogP contribution in [0.3, 0.4) is 0 Å². The summed E-state index contributed by atoms with van der Waals surface area (Å²) in [5.41, 5.74) is 3.46. The van der Waals surface area contributed by atoms with Crippen LogP contribution >= 0.6 is 11.6 Å². The van der Waals surface area contributed by atoms with Gasteiger partial charge in [0.05, 0.1) is 5.69 Å². The lowest BCUT2D eigenvalue weighted by atomic mass is 10.1. The molecule has 0 radical (unpaired) electrons. The molecule has 7 heteroatoms. The molecule has 1 aliphatic heterocycles. The van der Waals surface area contributed by atoms with Crippen LogP contribution in [0.2, 0.25) is 0 Å². The number of carbonyl (C=O) groups is 3. The van der Waals surface area contributed by atoms with Crippen molar-refractivity contribution in [1.82, 2.24) is 5.32 Å². The van der Waals surface area contributed by atoms with E-state index in [9.17, 15) is 14.4 Å². The molecule has 0 saturated heterocycles. The number of nitrogens with one attached hydrogen (secondary N) is 2. The smallest absolute Gasteiger partial charge is 0.283 e. The second-order valence-electron chi connectivity index (χ2n) is 7.62. The first-order valence-corrected chi connectivity index (χ1v) is 10.9. The third kappa shape index (κ3) is 4.81. The molecule has 2 N–H and O–H groups in total. The number of nitrogens with zero attached hydrogens (tertiary/aromatic N) is 1. The Morgan fingerprint density at radius 1 is 0.879 bits per heavy atom. The van der Waals surface area contributed by atoms with E-state index < -0.39 is 11.8 Å². The van der Waals surface area contributed by atoms with Crippen molar-refractivity contribution in [2.24, 2.45) is 0 Å². The fourth-order valence-corrected chi connectivity index (χ4v) is 3.77. The van der Waals surface area contributed by atoms with Crippen LogP contribution in [0.15, 0.2) is 89.6 Å². The molecule has 166 valence electrons. The largest absolute Gasteiger partial charge is 0.352 e. The lowest BCUT2D eigenvalue weighted by molar-refractivity contribution is -0.120. The van der Waals surface area contributed by atoms with Crippen molar-refractivity contribution in [3.05, 3.63) is 106 Å². The number of aryl methyl sites for hydroxylation is 1. The highest BCUT2D eigenvalue weighted by molar-refractivity contribution is 6.53. The van der Waals surface area contributed by atoms with Crippen LogP contribution < -0.4 is 15.5 Å². The number of imide groups is 1. The Morgan fingerprint density at radius 3 is 2.24 bits per heavy atom. The number of amides is 3. The van der Waals surface area contributed by atoms with Gasteiger partial charge >= 0.3 is 0 Å². The van der Waals surface area contributed by atoms with Crippen LogP contribution in [0.5, 0.6) is 0 Å². The van der Waals surface area contributed by atoms with Gasteiger partial charge < -0.3 is 10.6 Å². The molecular formula is C26H22ClN3O3. The van der Waals surface area contributed by atoms with Crippen LogP contribution in [0.4, 0.5) is 11.4 Å². The van der Waals surface area contributed by atoms with E-state index in [1.807, 2.05) is 49.4 Å². The van der Waals surface area contributed by atoms with Gasteiger partial charge in [0.15, 0.2) is 0 Å². The Bertz CT molecular complexity index is 1240. The van der Waals surface area contributed by atoms with E-state index >= 15 is 0 Å². The second-order valence-corrected chi connectivity index (χ2v) is 7.99. The molecule has 4 rings (SSSR count). The number of hydrogen-bond acceptors (Lipinski definition) is 4. The predicted molar refractivity (Wildman–Crippen MR) is 129 cm³/mol. The number of halogens is 1. The molecule has 0 aromatic heterocycles. The van der Waals surface area contributed by atoms with Crippen LogP contribution in [0.25, 0.3) is 0 Å². The average Bonchev–Trinajstić information content (AvgIpc) is 3.03. The number of para-hydroxylation sites is 1. The van der Waals surface area contributed by atoms with Gasteiger partial charge in [0.25, 0.3) is 17.7 Å². The van der Waals surface area contributed by atoms with Crippen molar-refractivity contribution in [1.29, 1.82) is 0 Å². The maximum Gasteiger partial charge on any atom is 0.283 e. The van der Waals surface area contributed by atoms with E-state index in [4.69, 9.17) is 11.6 Å². The summed E-state index contributed by atoms with van der Waals surface area (Å²) >= 11 is 6.20. The Hall–Kier alpha value is -3.90. The number of hydrogen-bond donors (Lipinski definition) is 2. The van der Waals surface area contributed by atoms with Crippen molar-refractivity contribution < 1.29 is 14.4 Å². The first-order valence-electron chi connectivity index (χ1n) is 10.5. The van der Waals surface area contributed by atoms with Crippen LogP contribution in [-0.2, 0) is 16.0 Å². The number of carbonyl (C=O) groups excluding carboxylic acids is 3. The standard InChI is InChI=1S/C26H22ClN3O3/c1-17-7-5-6-10-21(17)30-25(32)22(27)23(26(30)33)29-20-13-11-19(12-14-20)24(31)28-16-15-18-8-3-2-4-9-18/h2-14,29H,15-16H2,1H3,(H,28,31). The Kier molecular flexibility index (Phi) is 6.56. The summed E-state index contributed by atoms with van der Waals surface area (Å²) in [6.45, 7) is 2.34. The second kappa shape index (κ2) is 9.71. The van der Waals surface area contributed by atoms with Gasteiger partial charge in [-0.2, -0.15) is 0 Å². The van der Waals surface area contributed by atoms with Gasteiger partial charge in [-0.15, -0.1) is 0 Å². The minimum absolute atomic E-state index is 0.00461. The van der Waals surface area contributed by atoms with Crippen molar-refractivity contribution in [3.8, 4) is 0 Å². The fourth-order valence-electron chi connectivity index (χ4n) is 3.56. The third-order valence-electron chi connectivity index (χ3n) is 5.34. The molecule has 3 aromatic carbocycles. The van der Waals surface area contributed by atoms with E-state index in [2.05, 4.69) is 10.6 Å². The van der Waals surface area contributed by atoms with Gasteiger partial charge in [-0.3, -0.25) is 14.4 Å². The highest BCUT2D eigenvalue weighted by Crippen LogP contribution is 2.31. The normalized spacial score (nSPS) is 13.5. The Balaban J connectivity index is 1.40. The highest BCUT2D eigenvalue weighted by Gasteiger charge is 2.39. The van der Waals surface area contributed by atoms with Gasteiger partial charge in [-0.1, -0.05) is 60.1 Å². The van der Waals surface area contributed by atoms with Gasteiger partial charge in [0.1, 0.15) is 10.7 Å². The summed E-state index contributed by atoms with van der Waals surface area (Å²) in [7, 11) is 0. The topological polar surface area (TPSA) is 78.5 Å². The zero-order chi connectivity index (χ0) is 23.4.